The Morgan fingerprint density at radius 3 is 2.58 bits per heavy atom. The molecule has 3 saturated carbocycles. The molecule has 0 radical (unpaired) electrons. The number of rotatable bonds is 0. The van der Waals surface area contributed by atoms with Crippen molar-refractivity contribution in [3.63, 3.8) is 0 Å². The molecule has 1 saturated heterocycles. The molecule has 0 aromatic rings. The van der Waals surface area contributed by atoms with E-state index in [4.69, 9.17) is 9.47 Å². The lowest BCUT2D eigenvalue weighted by molar-refractivity contribution is -0.240. The highest BCUT2D eigenvalue weighted by Crippen LogP contribution is 2.67. The minimum absolute atomic E-state index is 0.0383. The molecule has 24 heavy (non-hydrogen) atoms. The molecular weight excluding hydrogens is 307 g/mol. The molecule has 0 aromatic heterocycles. The van der Waals surface area contributed by atoms with Crippen LogP contribution in [0, 0.1) is 29.1 Å². The normalized spacial score (nSPS) is 49.9. The second kappa shape index (κ2) is 5.28. The molecule has 1 aliphatic heterocycles. The summed E-state index contributed by atoms with van der Waals surface area (Å²) in [5, 5.41) is 9.96. The van der Waals surface area contributed by atoms with Gasteiger partial charge in [-0.1, -0.05) is 6.92 Å². The van der Waals surface area contributed by atoms with Gasteiger partial charge >= 0.3 is 0 Å². The van der Waals surface area contributed by atoms with E-state index < -0.39 is 5.79 Å². The molecule has 4 aliphatic carbocycles. The molecule has 4 fully saturated rings. The van der Waals surface area contributed by atoms with Gasteiger partial charge in [0.1, 0.15) is 0 Å². The summed E-state index contributed by atoms with van der Waals surface area (Å²) >= 11 is 0. The molecule has 3 nitrogen and oxygen atoms in total. The fourth-order valence-electron chi connectivity index (χ4n) is 7.17. The van der Waals surface area contributed by atoms with E-state index in [1.54, 1.807) is 0 Å². The summed E-state index contributed by atoms with van der Waals surface area (Å²) < 4.78 is 27.2. The van der Waals surface area contributed by atoms with Crippen LogP contribution < -0.4 is 0 Å². The number of aliphatic hydroxyl groups excluding tert-OH is 1. The molecular formula is C20H29FO3. The van der Waals surface area contributed by atoms with Crippen molar-refractivity contribution in [2.24, 2.45) is 29.1 Å². The van der Waals surface area contributed by atoms with E-state index in [0.29, 0.717) is 49.7 Å². The summed E-state index contributed by atoms with van der Waals surface area (Å²) in [6.45, 7) is 3.75. The van der Waals surface area contributed by atoms with Gasteiger partial charge in [0.25, 0.3) is 0 Å². The number of fused-ring (bicyclic) bond motifs is 6. The maximum absolute atomic E-state index is 14.9. The van der Waals surface area contributed by atoms with Crippen LogP contribution in [-0.4, -0.2) is 30.2 Å². The van der Waals surface area contributed by atoms with Crippen molar-refractivity contribution in [1.82, 2.24) is 0 Å². The molecule has 0 amide bonds. The molecule has 0 unspecified atom stereocenters. The van der Waals surface area contributed by atoms with Gasteiger partial charge in [0.2, 0.25) is 0 Å². The molecule has 5 aliphatic rings. The minimum Gasteiger partial charge on any atom is -0.393 e. The second-order valence-electron chi connectivity index (χ2n) is 9.05. The lowest BCUT2D eigenvalue weighted by atomic mass is 9.52. The monoisotopic (exact) mass is 336 g/mol. The topological polar surface area (TPSA) is 38.7 Å². The number of allylic oxidation sites excluding steroid dienone is 1. The van der Waals surface area contributed by atoms with Gasteiger partial charge in [0.05, 0.1) is 25.1 Å². The summed E-state index contributed by atoms with van der Waals surface area (Å²) in [6.07, 6.45) is 6.99. The van der Waals surface area contributed by atoms with Crippen molar-refractivity contribution in [3.8, 4) is 0 Å². The van der Waals surface area contributed by atoms with E-state index in [9.17, 15) is 9.50 Å². The van der Waals surface area contributed by atoms with Crippen molar-refractivity contribution < 1.29 is 19.0 Å². The summed E-state index contributed by atoms with van der Waals surface area (Å²) in [5.74, 6) is 1.61. The van der Waals surface area contributed by atoms with Crippen LogP contribution >= 0.6 is 0 Å². The van der Waals surface area contributed by atoms with E-state index in [1.165, 1.54) is 0 Å². The largest absolute Gasteiger partial charge is 0.393 e. The van der Waals surface area contributed by atoms with Gasteiger partial charge in [-0.15, -0.1) is 0 Å². The van der Waals surface area contributed by atoms with Crippen LogP contribution in [0.2, 0.25) is 0 Å². The SMILES string of the molecule is C[C@]12CC[C@H]3[C@@H](CC(F)=C4C[C@@H](O)CC[C@@H]43)[C@@H]1CCC21OCCO1. The maximum Gasteiger partial charge on any atom is 0.174 e. The first-order chi connectivity index (χ1) is 11.5. The Kier molecular flexibility index (Phi) is 3.47. The molecule has 1 N–H and O–H groups in total. The highest BCUT2D eigenvalue weighted by molar-refractivity contribution is 5.24. The summed E-state index contributed by atoms with van der Waals surface area (Å²) in [4.78, 5) is 0. The lowest BCUT2D eigenvalue weighted by Gasteiger charge is -2.55. The molecule has 1 heterocycles. The number of hydrogen-bond donors (Lipinski definition) is 1. The minimum atomic E-state index is -0.397. The van der Waals surface area contributed by atoms with Crippen molar-refractivity contribution in [2.75, 3.05) is 13.2 Å². The van der Waals surface area contributed by atoms with Crippen LogP contribution in [0.4, 0.5) is 4.39 Å². The fourth-order valence-corrected chi connectivity index (χ4v) is 7.17. The van der Waals surface area contributed by atoms with Crippen LogP contribution in [0.1, 0.15) is 58.3 Å². The van der Waals surface area contributed by atoms with Gasteiger partial charge in [-0.3, -0.25) is 0 Å². The number of ether oxygens (including phenoxy) is 2. The predicted octanol–water partition coefficient (Wildman–Crippen LogP) is 3.96. The van der Waals surface area contributed by atoms with E-state index in [1.807, 2.05) is 0 Å². The van der Waals surface area contributed by atoms with Crippen molar-refractivity contribution in [1.29, 1.82) is 0 Å². The van der Waals surface area contributed by atoms with Crippen LogP contribution in [0.15, 0.2) is 11.4 Å². The Morgan fingerprint density at radius 1 is 1.00 bits per heavy atom. The predicted molar refractivity (Wildman–Crippen MR) is 87.8 cm³/mol. The van der Waals surface area contributed by atoms with Gasteiger partial charge < -0.3 is 14.6 Å². The molecule has 0 aromatic carbocycles. The molecule has 1 spiro atoms. The summed E-state index contributed by atoms with van der Waals surface area (Å²) in [7, 11) is 0. The highest BCUT2D eigenvalue weighted by Gasteiger charge is 2.65. The third-order valence-electron chi connectivity index (χ3n) is 8.28. The third-order valence-corrected chi connectivity index (χ3v) is 8.28. The van der Waals surface area contributed by atoms with Crippen LogP contribution in [-0.2, 0) is 9.47 Å². The van der Waals surface area contributed by atoms with Crippen molar-refractivity contribution in [2.45, 2.75) is 70.2 Å². The first-order valence-electron chi connectivity index (χ1n) is 9.87. The average molecular weight is 336 g/mol. The van der Waals surface area contributed by atoms with Gasteiger partial charge in [-0.05, 0) is 67.8 Å². The smallest absolute Gasteiger partial charge is 0.174 e. The molecule has 0 bridgehead atoms. The van der Waals surface area contributed by atoms with Crippen molar-refractivity contribution in [3.05, 3.63) is 11.4 Å². The van der Waals surface area contributed by atoms with Crippen molar-refractivity contribution >= 4 is 0 Å². The fraction of sp³-hybridized carbons (Fsp3) is 0.900. The van der Waals surface area contributed by atoms with Gasteiger partial charge in [-0.2, -0.15) is 0 Å². The molecule has 4 heteroatoms. The molecule has 6 atom stereocenters. The van der Waals surface area contributed by atoms with E-state index in [0.717, 1.165) is 44.1 Å². The molecule has 5 rings (SSSR count). The number of hydrogen-bond acceptors (Lipinski definition) is 3. The molecule has 134 valence electrons. The Morgan fingerprint density at radius 2 is 1.79 bits per heavy atom. The average Bonchev–Trinajstić information content (AvgIpc) is 3.15. The number of halogens is 1. The Balaban J connectivity index is 1.48. The van der Waals surface area contributed by atoms with Gasteiger partial charge in [0.15, 0.2) is 5.79 Å². The summed E-state index contributed by atoms with van der Waals surface area (Å²) in [6, 6.07) is 0. The number of aliphatic hydroxyl groups is 1. The van der Waals surface area contributed by atoms with E-state index in [-0.39, 0.29) is 17.3 Å². The zero-order valence-electron chi connectivity index (χ0n) is 14.6. The first-order valence-corrected chi connectivity index (χ1v) is 9.87. The zero-order chi connectivity index (χ0) is 16.5. The third kappa shape index (κ3) is 1.94. The standard InChI is InChI=1S/C20H29FO3/c1-19-6-4-14-13-3-2-12(22)10-16(13)18(21)11-15(14)17(19)5-7-20(19)23-8-9-24-20/h12-15,17,22H,2-11H2,1H3/t12-,13+,14+,15+,17-,19-/m0/s1. The Bertz CT molecular complexity index is 567. The summed E-state index contributed by atoms with van der Waals surface area (Å²) in [5.41, 5.74) is 0.996. The van der Waals surface area contributed by atoms with Crippen LogP contribution in [0.3, 0.4) is 0 Å². The Hall–Kier alpha value is -0.450. The van der Waals surface area contributed by atoms with Crippen LogP contribution in [0.25, 0.3) is 0 Å². The second-order valence-corrected chi connectivity index (χ2v) is 9.05. The van der Waals surface area contributed by atoms with Gasteiger partial charge in [-0.25, -0.2) is 4.39 Å². The lowest BCUT2D eigenvalue weighted by Crippen LogP contribution is -2.53. The van der Waals surface area contributed by atoms with E-state index >= 15 is 0 Å². The van der Waals surface area contributed by atoms with Gasteiger partial charge in [0, 0.05) is 18.3 Å². The van der Waals surface area contributed by atoms with E-state index in [2.05, 4.69) is 6.92 Å². The highest BCUT2D eigenvalue weighted by atomic mass is 19.1. The quantitative estimate of drug-likeness (QED) is 0.728. The maximum atomic E-state index is 14.9. The zero-order valence-corrected chi connectivity index (χ0v) is 14.6. The first kappa shape index (κ1) is 15.8. The van der Waals surface area contributed by atoms with Crippen LogP contribution in [0.5, 0.6) is 0 Å². The Labute approximate surface area is 143 Å².